The lowest BCUT2D eigenvalue weighted by Crippen LogP contribution is -2.53. The molecule has 0 aromatic heterocycles. The molecule has 3 saturated carbocycles. The van der Waals surface area contributed by atoms with E-state index in [0.29, 0.717) is 41.7 Å². The lowest BCUT2D eigenvalue weighted by Gasteiger charge is -2.57. The fourth-order valence-electron chi connectivity index (χ4n) is 7.99. The van der Waals surface area contributed by atoms with Gasteiger partial charge in [-0.2, -0.15) is 0 Å². The Kier molecular flexibility index (Phi) is 5.16. The molecular formula is C26H40O2. The standard InChI is InChI=1S/C26H40O2/c1-16(2)6-7-17(3)20-8-9-21-24-22(11-13-26(20,21)5)25(4)12-10-19(27)14-18(25)15-23(24)28/h15-17,20-22,24H,6-14H2,1-5H3/t17?,20-,21?,22?,24?,25+,26-/m1/s1. The van der Waals surface area contributed by atoms with Crippen molar-refractivity contribution in [2.75, 3.05) is 0 Å². The molecule has 0 spiro atoms. The van der Waals surface area contributed by atoms with Crippen molar-refractivity contribution < 1.29 is 9.59 Å². The van der Waals surface area contributed by atoms with Gasteiger partial charge in [-0.25, -0.2) is 0 Å². The topological polar surface area (TPSA) is 34.1 Å². The van der Waals surface area contributed by atoms with Gasteiger partial charge in [-0.05, 0) is 78.6 Å². The molecule has 7 atom stereocenters. The number of carbonyl (C=O) groups excluding carboxylic acids is 2. The van der Waals surface area contributed by atoms with Crippen molar-refractivity contribution in [1.29, 1.82) is 0 Å². The van der Waals surface area contributed by atoms with Crippen LogP contribution in [0.15, 0.2) is 11.6 Å². The molecule has 4 unspecified atom stereocenters. The van der Waals surface area contributed by atoms with Crippen LogP contribution >= 0.6 is 0 Å². The SMILES string of the molecule is CC(C)CCC(C)[C@H]1CCC2C3C(=O)C=C4CC(=O)CC[C@]4(C)C3CC[C@@]21C. The molecule has 0 saturated heterocycles. The van der Waals surface area contributed by atoms with Gasteiger partial charge in [0.05, 0.1) is 0 Å². The predicted molar refractivity (Wildman–Crippen MR) is 114 cm³/mol. The van der Waals surface area contributed by atoms with Crippen LogP contribution in [0.2, 0.25) is 0 Å². The number of fused-ring (bicyclic) bond motifs is 5. The molecule has 156 valence electrons. The highest BCUT2D eigenvalue weighted by atomic mass is 16.1. The van der Waals surface area contributed by atoms with Gasteiger partial charge in [0.25, 0.3) is 0 Å². The summed E-state index contributed by atoms with van der Waals surface area (Å²) in [5.41, 5.74) is 1.59. The molecule has 0 aliphatic heterocycles. The van der Waals surface area contributed by atoms with Gasteiger partial charge in [0.1, 0.15) is 5.78 Å². The van der Waals surface area contributed by atoms with E-state index in [1.807, 2.05) is 6.08 Å². The van der Waals surface area contributed by atoms with E-state index >= 15 is 0 Å². The Labute approximate surface area is 171 Å². The molecule has 4 rings (SSSR count). The van der Waals surface area contributed by atoms with Crippen LogP contribution in [0.5, 0.6) is 0 Å². The second kappa shape index (κ2) is 7.10. The zero-order chi connectivity index (χ0) is 20.3. The van der Waals surface area contributed by atoms with Gasteiger partial charge in [-0.1, -0.05) is 53.0 Å². The van der Waals surface area contributed by atoms with Crippen molar-refractivity contribution in [1.82, 2.24) is 0 Å². The summed E-state index contributed by atoms with van der Waals surface area (Å²) >= 11 is 0. The lowest BCUT2D eigenvalue weighted by molar-refractivity contribution is -0.135. The summed E-state index contributed by atoms with van der Waals surface area (Å²) < 4.78 is 0. The van der Waals surface area contributed by atoms with E-state index < -0.39 is 0 Å². The Morgan fingerprint density at radius 3 is 2.46 bits per heavy atom. The number of hydrogen-bond acceptors (Lipinski definition) is 2. The molecule has 28 heavy (non-hydrogen) atoms. The van der Waals surface area contributed by atoms with E-state index in [2.05, 4.69) is 34.6 Å². The zero-order valence-electron chi connectivity index (χ0n) is 18.7. The van der Waals surface area contributed by atoms with Crippen LogP contribution in [0.25, 0.3) is 0 Å². The van der Waals surface area contributed by atoms with Gasteiger partial charge in [-0.15, -0.1) is 0 Å². The molecule has 4 aliphatic rings. The van der Waals surface area contributed by atoms with Crippen LogP contribution in [0.3, 0.4) is 0 Å². The van der Waals surface area contributed by atoms with Gasteiger partial charge >= 0.3 is 0 Å². The van der Waals surface area contributed by atoms with E-state index in [1.54, 1.807) is 0 Å². The Morgan fingerprint density at radius 2 is 1.75 bits per heavy atom. The number of hydrogen-bond donors (Lipinski definition) is 0. The van der Waals surface area contributed by atoms with E-state index in [1.165, 1.54) is 44.1 Å². The summed E-state index contributed by atoms with van der Waals surface area (Å²) in [6.07, 6.45) is 11.8. The summed E-state index contributed by atoms with van der Waals surface area (Å²) in [4.78, 5) is 25.4. The van der Waals surface area contributed by atoms with E-state index in [9.17, 15) is 9.59 Å². The Balaban J connectivity index is 1.60. The van der Waals surface area contributed by atoms with Crippen LogP contribution in [0, 0.1) is 46.3 Å². The molecule has 0 aromatic rings. The second-order valence-corrected chi connectivity index (χ2v) is 11.6. The summed E-state index contributed by atoms with van der Waals surface area (Å²) in [6.45, 7) is 12.0. The van der Waals surface area contributed by atoms with Crippen molar-refractivity contribution in [3.63, 3.8) is 0 Å². The maximum absolute atomic E-state index is 13.3. The third-order valence-electron chi connectivity index (χ3n) is 9.74. The van der Waals surface area contributed by atoms with E-state index in [-0.39, 0.29) is 11.3 Å². The molecule has 0 radical (unpaired) electrons. The third kappa shape index (κ3) is 3.05. The van der Waals surface area contributed by atoms with Crippen molar-refractivity contribution >= 4 is 11.6 Å². The minimum Gasteiger partial charge on any atom is -0.299 e. The van der Waals surface area contributed by atoms with Gasteiger partial charge in [0.2, 0.25) is 0 Å². The Hall–Kier alpha value is -0.920. The normalized spacial score (nSPS) is 44.0. The monoisotopic (exact) mass is 384 g/mol. The van der Waals surface area contributed by atoms with Gasteiger partial charge in [-0.3, -0.25) is 9.59 Å². The Morgan fingerprint density at radius 1 is 1.00 bits per heavy atom. The van der Waals surface area contributed by atoms with E-state index in [0.717, 1.165) is 24.2 Å². The van der Waals surface area contributed by atoms with Crippen LogP contribution in [0.4, 0.5) is 0 Å². The van der Waals surface area contributed by atoms with Gasteiger partial charge in [0.15, 0.2) is 5.78 Å². The minimum atomic E-state index is 0.0924. The average Bonchev–Trinajstić information content (AvgIpc) is 2.98. The molecular weight excluding hydrogens is 344 g/mol. The second-order valence-electron chi connectivity index (χ2n) is 11.6. The average molecular weight is 385 g/mol. The highest BCUT2D eigenvalue weighted by Gasteiger charge is 2.61. The zero-order valence-corrected chi connectivity index (χ0v) is 18.7. The molecule has 4 aliphatic carbocycles. The van der Waals surface area contributed by atoms with Crippen LogP contribution in [-0.4, -0.2) is 11.6 Å². The highest BCUT2D eigenvalue weighted by molar-refractivity contribution is 5.96. The number of allylic oxidation sites excluding steroid dienone is 2. The fraction of sp³-hybridized carbons (Fsp3) is 0.846. The molecule has 3 fully saturated rings. The Bertz CT molecular complexity index is 689. The minimum absolute atomic E-state index is 0.0924. The van der Waals surface area contributed by atoms with Gasteiger partial charge in [0, 0.05) is 18.8 Å². The largest absolute Gasteiger partial charge is 0.299 e. The molecule has 2 heteroatoms. The number of ketones is 2. The van der Waals surface area contributed by atoms with Crippen molar-refractivity contribution in [3.8, 4) is 0 Å². The van der Waals surface area contributed by atoms with Gasteiger partial charge < -0.3 is 0 Å². The first kappa shape index (κ1) is 20.4. The summed E-state index contributed by atoms with van der Waals surface area (Å²) in [5, 5.41) is 0. The van der Waals surface area contributed by atoms with Crippen molar-refractivity contribution in [2.24, 2.45) is 46.3 Å². The molecule has 0 N–H and O–H groups in total. The number of Topliss-reactive ketones (excluding diaryl/α,β-unsaturated/α-hetero) is 1. The van der Waals surface area contributed by atoms with Crippen LogP contribution < -0.4 is 0 Å². The van der Waals surface area contributed by atoms with Crippen LogP contribution in [-0.2, 0) is 9.59 Å². The molecule has 0 amide bonds. The third-order valence-corrected chi connectivity index (χ3v) is 9.74. The molecule has 0 bridgehead atoms. The molecule has 0 aromatic carbocycles. The smallest absolute Gasteiger partial charge is 0.159 e. The fourth-order valence-corrected chi connectivity index (χ4v) is 7.99. The highest BCUT2D eigenvalue weighted by Crippen LogP contribution is 2.66. The first-order chi connectivity index (χ1) is 13.2. The van der Waals surface area contributed by atoms with E-state index in [4.69, 9.17) is 0 Å². The summed E-state index contributed by atoms with van der Waals surface area (Å²) in [7, 11) is 0. The summed E-state index contributed by atoms with van der Waals surface area (Å²) in [6, 6.07) is 0. The quantitative estimate of drug-likeness (QED) is 0.563. The van der Waals surface area contributed by atoms with Crippen LogP contribution in [0.1, 0.15) is 92.4 Å². The maximum Gasteiger partial charge on any atom is 0.159 e. The number of rotatable bonds is 4. The van der Waals surface area contributed by atoms with Crippen molar-refractivity contribution in [3.05, 3.63) is 11.6 Å². The first-order valence-electron chi connectivity index (χ1n) is 11.9. The molecule has 0 heterocycles. The summed E-state index contributed by atoms with van der Waals surface area (Å²) in [5.74, 6) is 4.24. The van der Waals surface area contributed by atoms with Crippen molar-refractivity contribution in [2.45, 2.75) is 92.4 Å². The maximum atomic E-state index is 13.3. The lowest BCUT2D eigenvalue weighted by atomic mass is 9.46. The molecule has 2 nitrogen and oxygen atoms in total. The number of carbonyl (C=O) groups is 2. The predicted octanol–water partition coefficient (Wildman–Crippen LogP) is 6.39. The first-order valence-corrected chi connectivity index (χ1v) is 11.9.